The smallest absolute Gasteiger partial charge is 0.127 e. The molecule has 3 nitrogen and oxygen atoms in total. The minimum Gasteiger partial charge on any atom is -0.383 e. The van der Waals surface area contributed by atoms with Crippen molar-refractivity contribution in [2.75, 3.05) is 5.73 Å². The predicted octanol–water partition coefficient (Wildman–Crippen LogP) is 2.73. The summed E-state index contributed by atoms with van der Waals surface area (Å²) in [6.07, 6.45) is 2.84. The van der Waals surface area contributed by atoms with Gasteiger partial charge in [-0.05, 0) is 36.1 Å². The minimum atomic E-state index is 0.434. The molecule has 1 atom stereocenters. The molecule has 0 spiro atoms. The van der Waals surface area contributed by atoms with Gasteiger partial charge in [0.15, 0.2) is 0 Å². The molecule has 2 aromatic rings. The molecule has 0 aliphatic rings. The third-order valence-electron chi connectivity index (χ3n) is 2.79. The Labute approximate surface area is 89.4 Å². The van der Waals surface area contributed by atoms with E-state index in [2.05, 4.69) is 23.8 Å². The van der Waals surface area contributed by atoms with Crippen LogP contribution in [-0.2, 0) is 0 Å². The van der Waals surface area contributed by atoms with Crippen molar-refractivity contribution in [1.29, 1.82) is 0 Å². The number of fused-ring (bicyclic) bond motifs is 1. The van der Waals surface area contributed by atoms with E-state index in [4.69, 9.17) is 5.73 Å². The van der Waals surface area contributed by atoms with E-state index in [9.17, 15) is 0 Å². The van der Waals surface area contributed by atoms with Crippen LogP contribution in [0.25, 0.3) is 11.0 Å². The maximum Gasteiger partial charge on any atom is 0.127 e. The quantitative estimate of drug-likeness (QED) is 0.812. The van der Waals surface area contributed by atoms with Crippen LogP contribution in [0.1, 0.15) is 31.7 Å². The summed E-state index contributed by atoms with van der Waals surface area (Å²) in [4.78, 5) is 8.64. The van der Waals surface area contributed by atoms with Crippen LogP contribution in [0.3, 0.4) is 0 Å². The van der Waals surface area contributed by atoms with E-state index >= 15 is 0 Å². The van der Waals surface area contributed by atoms with E-state index in [1.165, 1.54) is 0 Å². The first kappa shape index (κ1) is 9.90. The molecule has 0 fully saturated rings. The summed E-state index contributed by atoms with van der Waals surface area (Å²) in [5, 5.41) is 0. The summed E-state index contributed by atoms with van der Waals surface area (Å²) in [6, 6.07) is 5.85. The van der Waals surface area contributed by atoms with Gasteiger partial charge in [-0.15, -0.1) is 0 Å². The summed E-state index contributed by atoms with van der Waals surface area (Å²) in [7, 11) is 0. The molecule has 15 heavy (non-hydrogen) atoms. The van der Waals surface area contributed by atoms with Crippen molar-refractivity contribution in [3.8, 4) is 0 Å². The van der Waals surface area contributed by atoms with Crippen molar-refractivity contribution in [3.63, 3.8) is 0 Å². The number of pyridine rings is 2. The van der Waals surface area contributed by atoms with Crippen LogP contribution in [0, 0.1) is 0 Å². The van der Waals surface area contributed by atoms with Gasteiger partial charge in [0.05, 0.1) is 11.0 Å². The highest BCUT2D eigenvalue weighted by atomic mass is 14.9. The van der Waals surface area contributed by atoms with Gasteiger partial charge in [0.1, 0.15) is 5.82 Å². The Hall–Kier alpha value is -1.64. The summed E-state index contributed by atoms with van der Waals surface area (Å²) in [5.74, 6) is 1.06. The Morgan fingerprint density at radius 1 is 1.40 bits per heavy atom. The molecule has 0 saturated carbocycles. The molecule has 3 heteroatoms. The molecule has 2 heterocycles. The predicted molar refractivity (Wildman–Crippen MR) is 62.7 cm³/mol. The second-order valence-corrected chi connectivity index (χ2v) is 3.81. The summed E-state index contributed by atoms with van der Waals surface area (Å²) >= 11 is 0. The van der Waals surface area contributed by atoms with Gasteiger partial charge in [-0.25, -0.2) is 4.98 Å². The van der Waals surface area contributed by atoms with Gasteiger partial charge in [-0.1, -0.05) is 13.8 Å². The lowest BCUT2D eigenvalue weighted by Gasteiger charge is -2.11. The Kier molecular flexibility index (Phi) is 2.54. The average molecular weight is 201 g/mol. The highest BCUT2D eigenvalue weighted by Gasteiger charge is 2.09. The maximum atomic E-state index is 5.92. The molecule has 0 aromatic carbocycles. The summed E-state index contributed by atoms with van der Waals surface area (Å²) in [6.45, 7) is 4.30. The van der Waals surface area contributed by atoms with Gasteiger partial charge in [0.2, 0.25) is 0 Å². The SMILES string of the molecule is CCC(C)c1cc2ncccc2nc1N. The van der Waals surface area contributed by atoms with Gasteiger partial charge in [-0.2, -0.15) is 0 Å². The fourth-order valence-electron chi connectivity index (χ4n) is 1.64. The first-order valence-electron chi connectivity index (χ1n) is 5.23. The number of anilines is 1. The molecular weight excluding hydrogens is 186 g/mol. The minimum absolute atomic E-state index is 0.434. The molecule has 0 bridgehead atoms. The van der Waals surface area contributed by atoms with Crippen molar-refractivity contribution in [2.24, 2.45) is 0 Å². The second kappa shape index (κ2) is 3.85. The van der Waals surface area contributed by atoms with E-state index in [1.807, 2.05) is 18.2 Å². The monoisotopic (exact) mass is 201 g/mol. The molecule has 78 valence electrons. The lowest BCUT2D eigenvalue weighted by atomic mass is 9.99. The molecule has 0 aliphatic heterocycles. The summed E-state index contributed by atoms with van der Waals surface area (Å²) in [5.41, 5.74) is 8.81. The van der Waals surface area contributed by atoms with Crippen LogP contribution in [-0.4, -0.2) is 9.97 Å². The van der Waals surface area contributed by atoms with E-state index in [0.717, 1.165) is 23.0 Å². The largest absolute Gasteiger partial charge is 0.383 e. The number of aromatic nitrogens is 2. The number of nitrogen functional groups attached to an aromatic ring is 1. The normalized spacial score (nSPS) is 12.9. The zero-order valence-corrected chi connectivity index (χ0v) is 9.07. The van der Waals surface area contributed by atoms with Crippen molar-refractivity contribution in [1.82, 2.24) is 9.97 Å². The molecule has 0 saturated heterocycles. The Morgan fingerprint density at radius 2 is 2.20 bits per heavy atom. The van der Waals surface area contributed by atoms with Crippen LogP contribution >= 0.6 is 0 Å². The number of nitrogens with zero attached hydrogens (tertiary/aromatic N) is 2. The van der Waals surface area contributed by atoms with E-state index in [0.29, 0.717) is 11.7 Å². The Morgan fingerprint density at radius 3 is 2.93 bits per heavy atom. The molecule has 0 radical (unpaired) electrons. The third-order valence-corrected chi connectivity index (χ3v) is 2.79. The van der Waals surface area contributed by atoms with Gasteiger partial charge in [-0.3, -0.25) is 4.98 Å². The molecule has 0 amide bonds. The Balaban J connectivity index is 2.61. The molecule has 2 rings (SSSR count). The van der Waals surface area contributed by atoms with Crippen LogP contribution < -0.4 is 5.73 Å². The fourth-order valence-corrected chi connectivity index (χ4v) is 1.64. The fraction of sp³-hybridized carbons (Fsp3) is 0.333. The highest BCUT2D eigenvalue weighted by molar-refractivity contribution is 5.77. The van der Waals surface area contributed by atoms with Crippen molar-refractivity contribution in [3.05, 3.63) is 30.0 Å². The van der Waals surface area contributed by atoms with Gasteiger partial charge < -0.3 is 5.73 Å². The number of hydrogen-bond acceptors (Lipinski definition) is 3. The number of nitrogens with two attached hydrogens (primary N) is 1. The average Bonchev–Trinajstić information content (AvgIpc) is 2.27. The van der Waals surface area contributed by atoms with Crippen molar-refractivity contribution in [2.45, 2.75) is 26.2 Å². The maximum absolute atomic E-state index is 5.92. The van der Waals surface area contributed by atoms with Crippen LogP contribution in [0.5, 0.6) is 0 Å². The van der Waals surface area contributed by atoms with Gasteiger partial charge in [0, 0.05) is 6.20 Å². The van der Waals surface area contributed by atoms with Gasteiger partial charge in [0.25, 0.3) is 0 Å². The lowest BCUT2D eigenvalue weighted by Crippen LogP contribution is -2.02. The second-order valence-electron chi connectivity index (χ2n) is 3.81. The van der Waals surface area contributed by atoms with Gasteiger partial charge >= 0.3 is 0 Å². The third kappa shape index (κ3) is 1.77. The first-order chi connectivity index (χ1) is 7.22. The number of rotatable bonds is 2. The molecular formula is C12H15N3. The zero-order valence-electron chi connectivity index (χ0n) is 9.07. The molecule has 1 unspecified atom stereocenters. The molecule has 2 aromatic heterocycles. The zero-order chi connectivity index (χ0) is 10.8. The topological polar surface area (TPSA) is 51.8 Å². The molecule has 0 aliphatic carbocycles. The number of hydrogen-bond donors (Lipinski definition) is 1. The summed E-state index contributed by atoms with van der Waals surface area (Å²) < 4.78 is 0. The standard InChI is InChI=1S/C12H15N3/c1-3-8(2)9-7-11-10(15-12(9)13)5-4-6-14-11/h4-8H,3H2,1-2H3,(H2,13,15). The first-order valence-corrected chi connectivity index (χ1v) is 5.23. The van der Waals surface area contributed by atoms with Crippen molar-refractivity contribution < 1.29 is 0 Å². The van der Waals surface area contributed by atoms with E-state index < -0.39 is 0 Å². The van der Waals surface area contributed by atoms with E-state index in [1.54, 1.807) is 6.20 Å². The molecule has 2 N–H and O–H groups in total. The van der Waals surface area contributed by atoms with Crippen molar-refractivity contribution >= 4 is 16.9 Å². The van der Waals surface area contributed by atoms with E-state index in [-0.39, 0.29) is 0 Å². The highest BCUT2D eigenvalue weighted by Crippen LogP contribution is 2.25. The lowest BCUT2D eigenvalue weighted by molar-refractivity contribution is 0.734. The Bertz CT molecular complexity index is 479. The van der Waals surface area contributed by atoms with Crippen LogP contribution in [0.4, 0.5) is 5.82 Å². The van der Waals surface area contributed by atoms with Crippen LogP contribution in [0.15, 0.2) is 24.4 Å². The van der Waals surface area contributed by atoms with Crippen LogP contribution in [0.2, 0.25) is 0 Å².